The van der Waals surface area contributed by atoms with Crippen molar-refractivity contribution < 1.29 is 0 Å². The molecule has 1 aliphatic heterocycles. The van der Waals surface area contributed by atoms with Crippen molar-refractivity contribution in [3.8, 4) is 6.07 Å². The number of nitriles is 1. The Bertz CT molecular complexity index is 959. The molecule has 0 fully saturated rings. The minimum absolute atomic E-state index is 0.585. The molecule has 3 heterocycles. The van der Waals surface area contributed by atoms with Crippen LogP contribution in [0.25, 0.3) is 10.9 Å². The highest BCUT2D eigenvalue weighted by molar-refractivity contribution is 7.15. The Morgan fingerprint density at radius 1 is 1.30 bits per heavy atom. The molecule has 1 aliphatic rings. The van der Waals surface area contributed by atoms with E-state index in [1.807, 2.05) is 12.1 Å². The number of benzene rings is 1. The van der Waals surface area contributed by atoms with Gasteiger partial charge < -0.3 is 10.6 Å². The maximum atomic E-state index is 9.45. The lowest BCUT2D eigenvalue weighted by Gasteiger charge is -2.27. The molecular weight excluding hydrogens is 330 g/mol. The number of fused-ring (bicyclic) bond motifs is 2. The molecule has 0 saturated heterocycles. The first kappa shape index (κ1) is 14.2. The first-order valence-electron chi connectivity index (χ1n) is 7.13. The molecule has 0 unspecified atom stereocenters. The molecule has 0 aliphatic carbocycles. The molecule has 7 heteroatoms. The van der Waals surface area contributed by atoms with Crippen molar-refractivity contribution in [2.45, 2.75) is 13.0 Å². The highest BCUT2D eigenvalue weighted by atomic mass is 35.5. The monoisotopic (exact) mass is 341 g/mol. The summed E-state index contributed by atoms with van der Waals surface area (Å²) in [6.45, 7) is 1.54. The Morgan fingerprint density at radius 3 is 3.00 bits per heavy atom. The Hall–Kier alpha value is -2.36. The zero-order valence-electron chi connectivity index (χ0n) is 12.1. The third kappa shape index (κ3) is 2.48. The van der Waals surface area contributed by atoms with Gasteiger partial charge in [-0.25, -0.2) is 9.97 Å². The molecule has 23 heavy (non-hydrogen) atoms. The zero-order valence-corrected chi connectivity index (χ0v) is 13.7. The minimum Gasteiger partial charge on any atom is -0.375 e. The molecule has 0 saturated carbocycles. The molecule has 1 aromatic carbocycles. The second-order valence-corrected chi connectivity index (χ2v) is 6.95. The normalized spacial score (nSPS) is 13.8. The molecule has 0 atom stereocenters. The highest BCUT2D eigenvalue weighted by Gasteiger charge is 2.22. The molecule has 2 N–H and O–H groups in total. The van der Waals surface area contributed by atoms with Crippen LogP contribution in [0.2, 0.25) is 5.02 Å². The van der Waals surface area contributed by atoms with Crippen LogP contribution >= 0.6 is 22.9 Å². The largest absolute Gasteiger partial charge is 0.375 e. The van der Waals surface area contributed by atoms with Gasteiger partial charge in [-0.2, -0.15) is 5.26 Å². The fourth-order valence-electron chi connectivity index (χ4n) is 2.85. The first-order valence-corrected chi connectivity index (χ1v) is 8.33. The summed E-state index contributed by atoms with van der Waals surface area (Å²) in [5.41, 5.74) is 8.24. The molecule has 4 rings (SSSR count). The maximum absolute atomic E-state index is 9.45. The number of halogens is 1. The van der Waals surface area contributed by atoms with Crippen LogP contribution in [0, 0.1) is 11.3 Å². The van der Waals surface area contributed by atoms with Gasteiger partial charge in [0.25, 0.3) is 0 Å². The number of rotatable bonds is 1. The second kappa shape index (κ2) is 5.37. The summed E-state index contributed by atoms with van der Waals surface area (Å²) in [6.07, 6.45) is 0.839. The van der Waals surface area contributed by atoms with Gasteiger partial charge in [-0.15, -0.1) is 11.3 Å². The van der Waals surface area contributed by atoms with E-state index in [0.717, 1.165) is 41.9 Å². The molecular formula is C16H12ClN5S. The van der Waals surface area contributed by atoms with Crippen LogP contribution in [0.1, 0.15) is 16.1 Å². The van der Waals surface area contributed by atoms with E-state index in [2.05, 4.69) is 16.0 Å². The summed E-state index contributed by atoms with van der Waals surface area (Å²) in [5, 5.41) is 11.4. The Balaban J connectivity index is 1.78. The Kier molecular flexibility index (Phi) is 3.33. The Morgan fingerprint density at radius 2 is 2.17 bits per heavy atom. The third-order valence-electron chi connectivity index (χ3n) is 3.95. The van der Waals surface area contributed by atoms with Gasteiger partial charge >= 0.3 is 0 Å². The standard InChI is InChI=1S/C16H12ClN5S/c17-10-1-2-12-11(6-10)9(7-18)5-15(20-12)22-4-3-13-14(8-22)23-16(19)21-13/h1-2,5-6H,3-4,8H2,(H2,19,21). The van der Waals surface area contributed by atoms with E-state index in [9.17, 15) is 5.26 Å². The predicted octanol–water partition coefficient (Wildman–Crippen LogP) is 3.36. The molecule has 2 aromatic heterocycles. The number of pyridine rings is 1. The highest BCUT2D eigenvalue weighted by Crippen LogP contribution is 2.31. The number of thiazole rings is 1. The van der Waals surface area contributed by atoms with Crippen molar-refractivity contribution in [2.24, 2.45) is 0 Å². The summed E-state index contributed by atoms with van der Waals surface area (Å²) >= 11 is 7.55. The van der Waals surface area contributed by atoms with Gasteiger partial charge in [-0.1, -0.05) is 11.6 Å². The van der Waals surface area contributed by atoms with Crippen molar-refractivity contribution in [3.05, 3.63) is 45.4 Å². The summed E-state index contributed by atoms with van der Waals surface area (Å²) in [5.74, 6) is 0.800. The molecule has 3 aromatic rings. The number of aromatic nitrogens is 2. The summed E-state index contributed by atoms with van der Waals surface area (Å²) in [6, 6.07) is 9.50. The van der Waals surface area contributed by atoms with Crippen molar-refractivity contribution in [1.82, 2.24) is 9.97 Å². The van der Waals surface area contributed by atoms with Crippen molar-refractivity contribution in [1.29, 1.82) is 5.26 Å². The van der Waals surface area contributed by atoms with Gasteiger partial charge in [0, 0.05) is 28.3 Å². The van der Waals surface area contributed by atoms with Crippen LogP contribution in [-0.2, 0) is 13.0 Å². The van der Waals surface area contributed by atoms with E-state index in [-0.39, 0.29) is 0 Å². The van der Waals surface area contributed by atoms with Crippen LogP contribution in [0.15, 0.2) is 24.3 Å². The van der Waals surface area contributed by atoms with E-state index in [1.165, 1.54) is 16.2 Å². The van der Waals surface area contributed by atoms with E-state index in [1.54, 1.807) is 12.1 Å². The fourth-order valence-corrected chi connectivity index (χ4v) is 3.92. The number of nitrogen functional groups attached to an aromatic ring is 1. The number of nitrogens with two attached hydrogens (primary N) is 1. The van der Waals surface area contributed by atoms with Crippen LogP contribution in [0.5, 0.6) is 0 Å². The Labute approximate surface area is 141 Å². The van der Waals surface area contributed by atoms with Gasteiger partial charge in [0.15, 0.2) is 5.13 Å². The van der Waals surface area contributed by atoms with Crippen LogP contribution in [0.3, 0.4) is 0 Å². The van der Waals surface area contributed by atoms with E-state index in [0.29, 0.717) is 15.7 Å². The average Bonchev–Trinajstić information content (AvgIpc) is 2.93. The van der Waals surface area contributed by atoms with Crippen molar-refractivity contribution in [2.75, 3.05) is 17.2 Å². The fraction of sp³-hybridized carbons (Fsp3) is 0.188. The number of hydrogen-bond donors (Lipinski definition) is 1. The van der Waals surface area contributed by atoms with Crippen LogP contribution < -0.4 is 10.6 Å². The molecule has 0 radical (unpaired) electrons. The van der Waals surface area contributed by atoms with Gasteiger partial charge in [0.2, 0.25) is 0 Å². The third-order valence-corrected chi connectivity index (χ3v) is 5.10. The van der Waals surface area contributed by atoms with Crippen molar-refractivity contribution >= 4 is 44.8 Å². The number of anilines is 2. The van der Waals surface area contributed by atoms with Crippen LogP contribution in [0.4, 0.5) is 10.9 Å². The molecule has 5 nitrogen and oxygen atoms in total. The molecule has 0 bridgehead atoms. The number of nitrogens with zero attached hydrogens (tertiary/aromatic N) is 4. The summed E-state index contributed by atoms with van der Waals surface area (Å²) in [4.78, 5) is 12.4. The van der Waals surface area contributed by atoms with E-state index < -0.39 is 0 Å². The summed E-state index contributed by atoms with van der Waals surface area (Å²) < 4.78 is 0. The minimum atomic E-state index is 0.585. The maximum Gasteiger partial charge on any atom is 0.180 e. The second-order valence-electron chi connectivity index (χ2n) is 5.39. The smallest absolute Gasteiger partial charge is 0.180 e. The zero-order chi connectivity index (χ0) is 16.0. The van der Waals surface area contributed by atoms with Crippen molar-refractivity contribution in [3.63, 3.8) is 0 Å². The van der Waals surface area contributed by atoms with Gasteiger partial charge in [0.05, 0.1) is 29.4 Å². The van der Waals surface area contributed by atoms with Crippen LogP contribution in [-0.4, -0.2) is 16.5 Å². The predicted molar refractivity (Wildman–Crippen MR) is 92.7 cm³/mol. The lowest BCUT2D eigenvalue weighted by molar-refractivity contribution is 0.720. The summed E-state index contributed by atoms with van der Waals surface area (Å²) in [7, 11) is 0. The van der Waals surface area contributed by atoms with Gasteiger partial charge in [-0.3, -0.25) is 0 Å². The number of hydrogen-bond acceptors (Lipinski definition) is 6. The van der Waals surface area contributed by atoms with Gasteiger partial charge in [0.1, 0.15) is 5.82 Å². The molecule has 0 spiro atoms. The van der Waals surface area contributed by atoms with E-state index in [4.69, 9.17) is 22.3 Å². The lowest BCUT2D eigenvalue weighted by atomic mass is 10.1. The van der Waals surface area contributed by atoms with E-state index >= 15 is 0 Å². The molecule has 114 valence electrons. The molecule has 0 amide bonds. The lowest BCUT2D eigenvalue weighted by Crippen LogP contribution is -2.30. The quantitative estimate of drug-likeness (QED) is 0.734. The average molecular weight is 342 g/mol. The SMILES string of the molecule is N#Cc1cc(N2CCc3nc(N)sc3C2)nc2ccc(Cl)cc12. The topological polar surface area (TPSA) is 78.8 Å². The first-order chi connectivity index (χ1) is 11.1. The van der Waals surface area contributed by atoms with Gasteiger partial charge in [-0.05, 0) is 24.3 Å².